The molecule has 3 aliphatic heterocycles. The van der Waals surface area contributed by atoms with E-state index in [-0.39, 0.29) is 29.7 Å². The molecule has 37 heavy (non-hydrogen) atoms. The fourth-order valence-corrected chi connectivity index (χ4v) is 6.74. The standard InChI is InChI=1S/C28H39FN6O2/c1-2-17-13-20(36)3-4-21(17)22-5-6-23-26(25(22)29)33-34-27(23)28-31-14-24(32-28)18-7-10-35(11-8-18)15-19-16-37-12-9-30-19/h3-4,7,13-14,19,22-23,25-27,30,33-34,36H,2,5-6,8-12,15-16H2,1H3,(H,31,32)/t19-,22?,23?,25?,26?,27?/m0/s1. The Morgan fingerprint density at radius 3 is 2.95 bits per heavy atom. The van der Waals surface area contributed by atoms with Crippen molar-refractivity contribution in [3.63, 3.8) is 0 Å². The van der Waals surface area contributed by atoms with Gasteiger partial charge in [-0.2, -0.15) is 0 Å². The lowest BCUT2D eigenvalue weighted by Gasteiger charge is -2.36. The summed E-state index contributed by atoms with van der Waals surface area (Å²) in [6.07, 6.45) is 6.70. The Morgan fingerprint density at radius 2 is 2.16 bits per heavy atom. The normalized spacial score (nSPS) is 32.8. The fraction of sp³-hybridized carbons (Fsp3) is 0.607. The van der Waals surface area contributed by atoms with E-state index in [1.807, 2.05) is 12.3 Å². The predicted octanol–water partition coefficient (Wildman–Crippen LogP) is 2.80. The van der Waals surface area contributed by atoms with Crippen LogP contribution in [-0.2, 0) is 11.2 Å². The van der Waals surface area contributed by atoms with Gasteiger partial charge in [-0.15, -0.1) is 0 Å². The number of fused-ring (bicyclic) bond motifs is 1. The second-order valence-electron chi connectivity index (χ2n) is 11.0. The topological polar surface area (TPSA) is 97.5 Å². The molecule has 1 aromatic carbocycles. The third-order valence-electron chi connectivity index (χ3n) is 8.75. The van der Waals surface area contributed by atoms with Crippen LogP contribution in [0.2, 0.25) is 0 Å². The molecule has 5 N–H and O–H groups in total. The van der Waals surface area contributed by atoms with Crippen LogP contribution in [0, 0.1) is 5.92 Å². The molecule has 2 saturated heterocycles. The lowest BCUT2D eigenvalue weighted by Crippen LogP contribution is -2.49. The summed E-state index contributed by atoms with van der Waals surface area (Å²) in [6.45, 7) is 7.54. The highest BCUT2D eigenvalue weighted by Crippen LogP contribution is 2.45. The smallest absolute Gasteiger partial charge is 0.125 e. The molecule has 2 aromatic rings. The minimum Gasteiger partial charge on any atom is -0.508 e. The molecule has 0 radical (unpaired) electrons. The molecule has 5 unspecified atom stereocenters. The Hall–Kier alpha value is -2.30. The maximum absolute atomic E-state index is 15.9. The minimum atomic E-state index is -1.00. The van der Waals surface area contributed by atoms with Crippen LogP contribution in [0.3, 0.4) is 0 Å². The highest BCUT2D eigenvalue weighted by atomic mass is 19.1. The number of morpholine rings is 1. The number of rotatable bonds is 6. The third-order valence-corrected chi connectivity index (χ3v) is 8.75. The number of aromatic hydroxyl groups is 1. The van der Waals surface area contributed by atoms with E-state index in [1.54, 1.807) is 12.1 Å². The number of aromatic amines is 1. The zero-order valence-electron chi connectivity index (χ0n) is 21.5. The van der Waals surface area contributed by atoms with Crippen molar-refractivity contribution in [2.45, 2.75) is 62.8 Å². The first-order valence-corrected chi connectivity index (χ1v) is 13.9. The number of H-pyrrole nitrogens is 1. The van der Waals surface area contributed by atoms with Crippen LogP contribution >= 0.6 is 0 Å². The van der Waals surface area contributed by atoms with Gasteiger partial charge in [0.05, 0.1) is 37.2 Å². The third kappa shape index (κ3) is 5.07. The Balaban J connectivity index is 1.10. The van der Waals surface area contributed by atoms with E-state index in [2.05, 4.69) is 39.1 Å². The van der Waals surface area contributed by atoms with E-state index in [0.29, 0.717) is 6.04 Å². The second kappa shape index (κ2) is 10.8. The van der Waals surface area contributed by atoms with Crippen LogP contribution in [-0.4, -0.2) is 77.6 Å². The first-order valence-electron chi connectivity index (χ1n) is 13.9. The van der Waals surface area contributed by atoms with Gasteiger partial charge in [-0.05, 0) is 54.5 Å². The minimum absolute atomic E-state index is 0.0403. The van der Waals surface area contributed by atoms with Crippen LogP contribution in [0.15, 0.2) is 30.5 Å². The van der Waals surface area contributed by atoms with E-state index in [0.717, 1.165) is 87.7 Å². The highest BCUT2D eigenvalue weighted by Gasteiger charge is 2.48. The van der Waals surface area contributed by atoms with Gasteiger partial charge in [0.2, 0.25) is 0 Å². The van der Waals surface area contributed by atoms with Crippen molar-refractivity contribution in [2.24, 2.45) is 5.92 Å². The number of phenolic OH excluding ortho intramolecular Hbond substituents is 1. The predicted molar refractivity (Wildman–Crippen MR) is 141 cm³/mol. The molecule has 4 heterocycles. The van der Waals surface area contributed by atoms with E-state index >= 15 is 4.39 Å². The number of benzene rings is 1. The summed E-state index contributed by atoms with van der Waals surface area (Å²) in [7, 11) is 0. The van der Waals surface area contributed by atoms with Gasteiger partial charge in [0.15, 0.2) is 0 Å². The molecule has 0 spiro atoms. The van der Waals surface area contributed by atoms with Crippen molar-refractivity contribution in [3.05, 3.63) is 53.1 Å². The van der Waals surface area contributed by atoms with Gasteiger partial charge in [0.25, 0.3) is 0 Å². The Labute approximate surface area is 218 Å². The van der Waals surface area contributed by atoms with Crippen molar-refractivity contribution in [2.75, 3.05) is 39.4 Å². The Morgan fingerprint density at radius 1 is 1.24 bits per heavy atom. The number of hydrazine groups is 1. The first kappa shape index (κ1) is 25.0. The number of hydrogen-bond donors (Lipinski definition) is 5. The number of aromatic nitrogens is 2. The molecule has 1 saturated carbocycles. The molecule has 0 bridgehead atoms. The summed E-state index contributed by atoms with van der Waals surface area (Å²) in [4.78, 5) is 10.8. The second-order valence-corrected chi connectivity index (χ2v) is 11.0. The van der Waals surface area contributed by atoms with E-state index in [9.17, 15) is 5.11 Å². The molecule has 3 fully saturated rings. The van der Waals surface area contributed by atoms with Gasteiger partial charge < -0.3 is 20.1 Å². The Bertz CT molecular complexity index is 1120. The number of imidazole rings is 1. The highest BCUT2D eigenvalue weighted by molar-refractivity contribution is 5.63. The zero-order valence-corrected chi connectivity index (χ0v) is 21.5. The summed E-state index contributed by atoms with van der Waals surface area (Å²) >= 11 is 0. The number of nitrogens with zero attached hydrogens (tertiary/aromatic N) is 2. The van der Waals surface area contributed by atoms with Crippen molar-refractivity contribution in [1.29, 1.82) is 0 Å². The lowest BCUT2D eigenvalue weighted by molar-refractivity contribution is 0.0634. The average molecular weight is 511 g/mol. The number of alkyl halides is 1. The van der Waals surface area contributed by atoms with E-state index in [4.69, 9.17) is 9.72 Å². The number of ether oxygens (including phenoxy) is 1. The molecule has 6 atom stereocenters. The van der Waals surface area contributed by atoms with Crippen molar-refractivity contribution in [3.8, 4) is 5.75 Å². The summed E-state index contributed by atoms with van der Waals surface area (Å²) in [5.41, 5.74) is 11.1. The molecule has 200 valence electrons. The molecule has 8 nitrogen and oxygen atoms in total. The molecule has 6 rings (SSSR count). The molecule has 1 aliphatic carbocycles. The molecule has 4 aliphatic rings. The summed E-state index contributed by atoms with van der Waals surface area (Å²) in [5, 5.41) is 13.4. The maximum Gasteiger partial charge on any atom is 0.125 e. The summed E-state index contributed by atoms with van der Waals surface area (Å²) < 4.78 is 21.5. The number of aryl methyl sites for hydroxylation is 1. The maximum atomic E-state index is 15.9. The number of nitrogens with one attached hydrogen (secondary N) is 4. The van der Waals surface area contributed by atoms with Gasteiger partial charge >= 0.3 is 0 Å². The van der Waals surface area contributed by atoms with Gasteiger partial charge in [0, 0.05) is 44.1 Å². The average Bonchev–Trinajstić information content (AvgIpc) is 3.58. The lowest BCUT2D eigenvalue weighted by atomic mass is 9.71. The van der Waals surface area contributed by atoms with E-state index < -0.39 is 6.17 Å². The van der Waals surface area contributed by atoms with Crippen LogP contribution in [0.1, 0.15) is 60.8 Å². The van der Waals surface area contributed by atoms with Gasteiger partial charge in [-0.3, -0.25) is 10.3 Å². The van der Waals surface area contributed by atoms with Crippen LogP contribution in [0.25, 0.3) is 5.57 Å². The number of phenols is 1. The van der Waals surface area contributed by atoms with Crippen LogP contribution in [0.4, 0.5) is 4.39 Å². The molecule has 9 heteroatoms. The number of hydrogen-bond acceptors (Lipinski definition) is 7. The first-order chi connectivity index (χ1) is 18.1. The van der Waals surface area contributed by atoms with Crippen molar-refractivity contribution < 1.29 is 14.2 Å². The molecular formula is C28H39FN6O2. The van der Waals surface area contributed by atoms with Crippen LogP contribution < -0.4 is 16.2 Å². The quantitative estimate of drug-likeness (QED) is 0.408. The van der Waals surface area contributed by atoms with Crippen molar-refractivity contribution in [1.82, 2.24) is 31.0 Å². The monoisotopic (exact) mass is 510 g/mol. The van der Waals surface area contributed by atoms with E-state index in [1.165, 1.54) is 5.57 Å². The summed E-state index contributed by atoms with van der Waals surface area (Å²) in [6, 6.07) is 5.47. The van der Waals surface area contributed by atoms with Gasteiger partial charge in [-0.25, -0.2) is 14.8 Å². The molecular weight excluding hydrogens is 471 g/mol. The van der Waals surface area contributed by atoms with Crippen LogP contribution in [0.5, 0.6) is 5.75 Å². The van der Waals surface area contributed by atoms with Gasteiger partial charge in [0.1, 0.15) is 17.7 Å². The SMILES string of the molecule is CCc1cc(O)ccc1C1CCC2C(c3ncc(C4=CCN(C[C@H]5COCCN5)CC4)[nH]3)NNC2C1F. The van der Waals surface area contributed by atoms with Crippen molar-refractivity contribution >= 4 is 5.57 Å². The fourth-order valence-electron chi connectivity index (χ4n) is 6.74. The summed E-state index contributed by atoms with van der Waals surface area (Å²) in [5.74, 6) is 1.10. The largest absolute Gasteiger partial charge is 0.508 e. The Kier molecular flexibility index (Phi) is 7.31. The number of halogens is 1. The molecule has 0 amide bonds. The zero-order chi connectivity index (χ0) is 25.4. The van der Waals surface area contributed by atoms with Gasteiger partial charge in [-0.1, -0.05) is 19.1 Å². The molecule has 1 aromatic heterocycles.